The molecule has 0 spiro atoms. The van der Waals surface area contributed by atoms with Gasteiger partial charge < -0.3 is 4.74 Å². The van der Waals surface area contributed by atoms with E-state index < -0.39 is 5.97 Å². The van der Waals surface area contributed by atoms with Crippen LogP contribution in [0.4, 0.5) is 0 Å². The predicted octanol–water partition coefficient (Wildman–Crippen LogP) is 2.45. The standard InChI is InChI=1S/C11H10Cl2N4O2S/c1-19-10(18)5-17-11(14-15-16-17)20-6-7-8(12)3-2-4-9(7)13/h2-4H,5-6H2,1H3. The van der Waals surface area contributed by atoms with Crippen molar-refractivity contribution in [1.82, 2.24) is 20.2 Å². The molecular weight excluding hydrogens is 323 g/mol. The normalized spacial score (nSPS) is 10.6. The number of methoxy groups -OCH3 is 1. The van der Waals surface area contributed by atoms with E-state index >= 15 is 0 Å². The highest BCUT2D eigenvalue weighted by Gasteiger charge is 2.13. The summed E-state index contributed by atoms with van der Waals surface area (Å²) in [5.41, 5.74) is 0.799. The first-order valence-electron chi connectivity index (χ1n) is 5.50. The smallest absolute Gasteiger partial charge is 0.327 e. The molecule has 0 fully saturated rings. The maximum Gasteiger partial charge on any atom is 0.327 e. The van der Waals surface area contributed by atoms with Crippen molar-refractivity contribution in [3.63, 3.8) is 0 Å². The number of esters is 1. The maximum absolute atomic E-state index is 11.2. The Labute approximate surface area is 129 Å². The highest BCUT2D eigenvalue weighted by Crippen LogP contribution is 2.30. The van der Waals surface area contributed by atoms with Crippen molar-refractivity contribution in [3.8, 4) is 0 Å². The number of benzene rings is 1. The molecule has 20 heavy (non-hydrogen) atoms. The Bertz CT molecular complexity index is 600. The van der Waals surface area contributed by atoms with E-state index in [0.717, 1.165) is 5.56 Å². The van der Waals surface area contributed by atoms with Gasteiger partial charge in [-0.15, -0.1) is 5.10 Å². The van der Waals surface area contributed by atoms with Gasteiger partial charge in [-0.3, -0.25) is 4.79 Å². The third kappa shape index (κ3) is 3.62. The highest BCUT2D eigenvalue weighted by atomic mass is 35.5. The van der Waals surface area contributed by atoms with Crippen molar-refractivity contribution in [1.29, 1.82) is 0 Å². The molecule has 1 aromatic heterocycles. The molecular formula is C11H10Cl2N4O2S. The number of halogens is 2. The number of aromatic nitrogens is 4. The van der Waals surface area contributed by atoms with Crippen LogP contribution >= 0.6 is 35.0 Å². The average molecular weight is 333 g/mol. The minimum Gasteiger partial charge on any atom is -0.468 e. The Morgan fingerprint density at radius 1 is 1.40 bits per heavy atom. The summed E-state index contributed by atoms with van der Waals surface area (Å²) in [6.45, 7) is -0.0396. The van der Waals surface area contributed by atoms with Gasteiger partial charge in [-0.2, -0.15) is 0 Å². The number of hydrogen-bond acceptors (Lipinski definition) is 6. The minimum atomic E-state index is -0.421. The molecule has 106 valence electrons. The average Bonchev–Trinajstić information content (AvgIpc) is 2.85. The van der Waals surface area contributed by atoms with E-state index in [4.69, 9.17) is 23.2 Å². The zero-order chi connectivity index (χ0) is 14.5. The van der Waals surface area contributed by atoms with Crippen molar-refractivity contribution < 1.29 is 9.53 Å². The topological polar surface area (TPSA) is 69.9 Å². The van der Waals surface area contributed by atoms with E-state index in [9.17, 15) is 4.79 Å². The minimum absolute atomic E-state index is 0.0396. The molecule has 9 heteroatoms. The number of thioether (sulfide) groups is 1. The third-order valence-corrected chi connectivity index (χ3v) is 4.10. The van der Waals surface area contributed by atoms with Gasteiger partial charge in [0.2, 0.25) is 5.16 Å². The molecule has 0 N–H and O–H groups in total. The zero-order valence-corrected chi connectivity index (χ0v) is 12.7. The molecule has 0 bridgehead atoms. The molecule has 2 aromatic rings. The largest absolute Gasteiger partial charge is 0.468 e. The van der Waals surface area contributed by atoms with Gasteiger partial charge in [0.15, 0.2) is 0 Å². The lowest BCUT2D eigenvalue weighted by Gasteiger charge is -2.06. The van der Waals surface area contributed by atoms with Crippen LogP contribution in [-0.4, -0.2) is 33.3 Å². The summed E-state index contributed by atoms with van der Waals surface area (Å²) < 4.78 is 5.94. The Kier molecular flexibility index (Phi) is 5.22. The van der Waals surface area contributed by atoms with Crippen molar-refractivity contribution in [3.05, 3.63) is 33.8 Å². The molecule has 1 aromatic carbocycles. The van der Waals surface area contributed by atoms with Gasteiger partial charge in [0.1, 0.15) is 6.54 Å². The second kappa shape index (κ2) is 6.92. The molecule has 6 nitrogen and oxygen atoms in total. The number of ether oxygens (including phenoxy) is 1. The van der Waals surface area contributed by atoms with E-state index in [1.807, 2.05) is 0 Å². The molecule has 0 saturated heterocycles. The summed E-state index contributed by atoms with van der Waals surface area (Å²) in [5.74, 6) is 0.0787. The van der Waals surface area contributed by atoms with E-state index in [2.05, 4.69) is 20.3 Å². The van der Waals surface area contributed by atoms with E-state index in [0.29, 0.717) is 21.0 Å². The molecule has 0 unspecified atom stereocenters. The van der Waals surface area contributed by atoms with Gasteiger partial charge in [0.25, 0.3) is 0 Å². The van der Waals surface area contributed by atoms with Crippen LogP contribution in [-0.2, 0) is 21.8 Å². The predicted molar refractivity (Wildman–Crippen MR) is 75.9 cm³/mol. The summed E-state index contributed by atoms with van der Waals surface area (Å²) in [5, 5.41) is 12.8. The summed E-state index contributed by atoms with van der Waals surface area (Å²) in [6, 6.07) is 5.31. The van der Waals surface area contributed by atoms with Crippen LogP contribution in [0.25, 0.3) is 0 Å². The first-order valence-corrected chi connectivity index (χ1v) is 7.24. The summed E-state index contributed by atoms with van der Waals surface area (Å²) in [7, 11) is 1.31. The number of carbonyl (C=O) groups is 1. The van der Waals surface area contributed by atoms with Crippen molar-refractivity contribution >= 4 is 40.9 Å². The molecule has 0 aliphatic carbocycles. The fourth-order valence-electron chi connectivity index (χ4n) is 1.39. The van der Waals surface area contributed by atoms with Crippen LogP contribution in [0.1, 0.15) is 5.56 Å². The van der Waals surface area contributed by atoms with Crippen molar-refractivity contribution in [2.75, 3.05) is 7.11 Å². The second-order valence-corrected chi connectivity index (χ2v) is 5.44. The fraction of sp³-hybridized carbons (Fsp3) is 0.273. The number of rotatable bonds is 5. The Morgan fingerprint density at radius 2 is 2.10 bits per heavy atom. The quantitative estimate of drug-likeness (QED) is 0.618. The molecule has 0 radical (unpaired) electrons. The van der Waals surface area contributed by atoms with Gasteiger partial charge in [0, 0.05) is 15.8 Å². The number of carbonyl (C=O) groups excluding carboxylic acids is 1. The SMILES string of the molecule is COC(=O)Cn1nnnc1SCc1c(Cl)cccc1Cl. The van der Waals surface area contributed by atoms with Crippen LogP contribution in [0.2, 0.25) is 10.0 Å². The van der Waals surface area contributed by atoms with Gasteiger partial charge in [-0.25, -0.2) is 4.68 Å². The lowest BCUT2D eigenvalue weighted by atomic mass is 10.2. The third-order valence-electron chi connectivity index (χ3n) is 2.41. The monoisotopic (exact) mass is 332 g/mol. The van der Waals surface area contributed by atoms with E-state index in [-0.39, 0.29) is 6.54 Å². The van der Waals surface area contributed by atoms with Crippen LogP contribution in [0.15, 0.2) is 23.4 Å². The van der Waals surface area contributed by atoms with Crippen LogP contribution in [0, 0.1) is 0 Å². The number of tetrazole rings is 1. The fourth-order valence-corrected chi connectivity index (χ4v) is 3.01. The Morgan fingerprint density at radius 3 is 2.75 bits per heavy atom. The van der Waals surface area contributed by atoms with Crippen LogP contribution in [0.5, 0.6) is 0 Å². The van der Waals surface area contributed by atoms with Gasteiger partial charge in [0.05, 0.1) is 7.11 Å². The molecule has 1 heterocycles. The lowest BCUT2D eigenvalue weighted by molar-refractivity contribution is -0.141. The van der Waals surface area contributed by atoms with E-state index in [1.165, 1.54) is 23.6 Å². The molecule has 0 aliphatic rings. The van der Waals surface area contributed by atoms with Crippen molar-refractivity contribution in [2.45, 2.75) is 17.5 Å². The second-order valence-electron chi connectivity index (χ2n) is 3.68. The maximum atomic E-state index is 11.2. The Hall–Kier alpha value is -1.31. The Balaban J connectivity index is 2.08. The number of nitrogens with zero attached hydrogens (tertiary/aromatic N) is 4. The zero-order valence-electron chi connectivity index (χ0n) is 10.4. The highest BCUT2D eigenvalue weighted by molar-refractivity contribution is 7.98. The van der Waals surface area contributed by atoms with Crippen molar-refractivity contribution in [2.24, 2.45) is 0 Å². The van der Waals surface area contributed by atoms with Gasteiger partial charge in [-0.05, 0) is 28.1 Å². The van der Waals surface area contributed by atoms with E-state index in [1.54, 1.807) is 18.2 Å². The summed E-state index contributed by atoms with van der Waals surface area (Å²) >= 11 is 13.5. The number of hydrogen-bond donors (Lipinski definition) is 0. The molecule has 2 rings (SSSR count). The van der Waals surface area contributed by atoms with Crippen LogP contribution in [0.3, 0.4) is 0 Å². The molecule has 0 aliphatic heterocycles. The summed E-state index contributed by atoms with van der Waals surface area (Å²) in [4.78, 5) is 11.2. The lowest BCUT2D eigenvalue weighted by Crippen LogP contribution is -2.13. The first-order chi connectivity index (χ1) is 9.61. The summed E-state index contributed by atoms with van der Waals surface area (Å²) in [6.07, 6.45) is 0. The van der Waals surface area contributed by atoms with Crippen LogP contribution < -0.4 is 0 Å². The van der Waals surface area contributed by atoms with Gasteiger partial charge in [-0.1, -0.05) is 41.0 Å². The first kappa shape index (κ1) is 15.1. The molecule has 0 amide bonds. The van der Waals surface area contributed by atoms with Gasteiger partial charge >= 0.3 is 5.97 Å². The molecule has 0 atom stereocenters. The molecule has 0 saturated carbocycles.